The Labute approximate surface area is 135 Å². The number of aliphatic hydroxyl groups excluding tert-OH is 1. The molecular weight excluding hydrogens is 320 g/mol. The Bertz CT molecular complexity index is 826. The van der Waals surface area contributed by atoms with Crippen LogP contribution >= 0.6 is 0 Å². The van der Waals surface area contributed by atoms with Crippen molar-refractivity contribution in [3.05, 3.63) is 71.9 Å². The van der Waals surface area contributed by atoms with Crippen molar-refractivity contribution < 1.29 is 23.1 Å². The van der Waals surface area contributed by atoms with Gasteiger partial charge in [0.15, 0.2) is 17.3 Å². The fourth-order valence-corrected chi connectivity index (χ4v) is 2.21. The van der Waals surface area contributed by atoms with Crippen molar-refractivity contribution in [2.75, 3.05) is 6.61 Å². The Morgan fingerprint density at radius 3 is 2.62 bits per heavy atom. The Hall–Kier alpha value is -3.00. The van der Waals surface area contributed by atoms with Gasteiger partial charge in [-0.1, -0.05) is 6.07 Å². The average molecular weight is 333 g/mol. The Morgan fingerprint density at radius 1 is 1.25 bits per heavy atom. The molecule has 0 bridgehead atoms. The van der Waals surface area contributed by atoms with E-state index in [1.54, 1.807) is 12.1 Å². The van der Waals surface area contributed by atoms with E-state index in [-0.39, 0.29) is 18.0 Å². The van der Waals surface area contributed by atoms with Gasteiger partial charge in [0.05, 0.1) is 12.9 Å². The third kappa shape index (κ3) is 3.04. The second kappa shape index (κ2) is 6.63. The summed E-state index contributed by atoms with van der Waals surface area (Å²) in [6.07, 6.45) is 2.69. The molecule has 1 atom stereocenters. The van der Waals surface area contributed by atoms with Gasteiger partial charge in [-0.05, 0) is 30.3 Å². The standard InChI is InChI=1S/C16H13F2N3O3/c17-10-3-1-4-11(18)15(10)21-7-6-12(20-21)16(23)19-13(9-22)14-5-2-8-24-14/h1-8,13,22H,9H2,(H,19,23). The molecule has 0 fully saturated rings. The summed E-state index contributed by atoms with van der Waals surface area (Å²) in [5, 5.41) is 15.8. The lowest BCUT2D eigenvalue weighted by atomic mass is 10.2. The molecule has 0 saturated carbocycles. The molecule has 0 spiro atoms. The van der Waals surface area contributed by atoms with Crippen molar-refractivity contribution in [3.8, 4) is 5.69 Å². The van der Waals surface area contributed by atoms with Crippen LogP contribution in [0.2, 0.25) is 0 Å². The minimum absolute atomic E-state index is 0.0531. The molecule has 1 amide bonds. The fourth-order valence-electron chi connectivity index (χ4n) is 2.21. The van der Waals surface area contributed by atoms with Crippen LogP contribution < -0.4 is 5.32 Å². The van der Waals surface area contributed by atoms with E-state index >= 15 is 0 Å². The first-order valence-corrected chi connectivity index (χ1v) is 7.05. The predicted octanol–water partition coefficient (Wildman–Crippen LogP) is 2.21. The Kier molecular flexibility index (Phi) is 4.39. The van der Waals surface area contributed by atoms with Gasteiger partial charge in [0.2, 0.25) is 0 Å². The van der Waals surface area contributed by atoms with Crippen LogP contribution in [-0.4, -0.2) is 27.4 Å². The Morgan fingerprint density at radius 2 is 2.00 bits per heavy atom. The zero-order valence-electron chi connectivity index (χ0n) is 12.3. The van der Waals surface area contributed by atoms with Crippen molar-refractivity contribution in [3.63, 3.8) is 0 Å². The number of nitrogens with zero attached hydrogens (tertiary/aromatic N) is 2. The van der Waals surface area contributed by atoms with Crippen LogP contribution in [0.3, 0.4) is 0 Å². The van der Waals surface area contributed by atoms with Gasteiger partial charge in [-0.15, -0.1) is 0 Å². The number of halogens is 2. The zero-order valence-corrected chi connectivity index (χ0v) is 12.3. The third-order valence-electron chi connectivity index (χ3n) is 3.36. The van der Waals surface area contributed by atoms with E-state index in [2.05, 4.69) is 10.4 Å². The molecule has 1 unspecified atom stereocenters. The van der Waals surface area contributed by atoms with Crippen LogP contribution in [0.5, 0.6) is 0 Å². The maximum Gasteiger partial charge on any atom is 0.272 e. The van der Waals surface area contributed by atoms with Gasteiger partial charge >= 0.3 is 0 Å². The Balaban J connectivity index is 1.81. The number of hydrogen-bond acceptors (Lipinski definition) is 4. The van der Waals surface area contributed by atoms with E-state index in [1.807, 2.05) is 0 Å². The number of aliphatic hydroxyl groups is 1. The second-order valence-corrected chi connectivity index (χ2v) is 4.94. The number of hydrogen-bond donors (Lipinski definition) is 2. The van der Waals surface area contributed by atoms with E-state index < -0.39 is 23.6 Å². The monoisotopic (exact) mass is 333 g/mol. The molecule has 6 nitrogen and oxygen atoms in total. The van der Waals surface area contributed by atoms with Crippen LogP contribution in [0.4, 0.5) is 8.78 Å². The summed E-state index contributed by atoms with van der Waals surface area (Å²) in [6, 6.07) is 7.23. The summed E-state index contributed by atoms with van der Waals surface area (Å²) < 4.78 is 33.6. The largest absolute Gasteiger partial charge is 0.467 e. The second-order valence-electron chi connectivity index (χ2n) is 4.94. The first kappa shape index (κ1) is 15.9. The first-order valence-electron chi connectivity index (χ1n) is 7.05. The lowest BCUT2D eigenvalue weighted by Gasteiger charge is -2.12. The number of para-hydroxylation sites is 1. The maximum absolute atomic E-state index is 13.8. The van der Waals surface area contributed by atoms with Crippen molar-refractivity contribution in [1.29, 1.82) is 0 Å². The topological polar surface area (TPSA) is 80.3 Å². The van der Waals surface area contributed by atoms with Gasteiger partial charge in [0.25, 0.3) is 5.91 Å². The van der Waals surface area contributed by atoms with Gasteiger partial charge in [-0.3, -0.25) is 4.79 Å². The number of benzene rings is 1. The lowest BCUT2D eigenvalue weighted by Crippen LogP contribution is -2.30. The predicted molar refractivity (Wildman–Crippen MR) is 79.5 cm³/mol. The summed E-state index contributed by atoms with van der Waals surface area (Å²) >= 11 is 0. The van der Waals surface area contributed by atoms with Gasteiger partial charge in [-0.25, -0.2) is 13.5 Å². The van der Waals surface area contributed by atoms with Gasteiger partial charge < -0.3 is 14.8 Å². The number of carbonyl (C=O) groups excluding carboxylic acids is 1. The first-order chi connectivity index (χ1) is 11.6. The molecule has 0 aliphatic rings. The fraction of sp³-hybridized carbons (Fsp3) is 0.125. The van der Waals surface area contributed by atoms with Crippen LogP contribution in [0.1, 0.15) is 22.3 Å². The van der Waals surface area contributed by atoms with Crippen LogP contribution in [0, 0.1) is 11.6 Å². The van der Waals surface area contributed by atoms with Crippen LogP contribution in [-0.2, 0) is 0 Å². The molecule has 8 heteroatoms. The number of amides is 1. The van der Waals surface area contributed by atoms with Gasteiger partial charge in [-0.2, -0.15) is 5.10 Å². The molecule has 3 aromatic rings. The summed E-state index contributed by atoms with van der Waals surface area (Å²) in [4.78, 5) is 12.2. The highest BCUT2D eigenvalue weighted by atomic mass is 19.1. The molecule has 1 aromatic carbocycles. The highest BCUT2D eigenvalue weighted by molar-refractivity contribution is 5.92. The third-order valence-corrected chi connectivity index (χ3v) is 3.36. The lowest BCUT2D eigenvalue weighted by molar-refractivity contribution is 0.0901. The van der Waals surface area contributed by atoms with E-state index in [9.17, 15) is 18.7 Å². The van der Waals surface area contributed by atoms with E-state index in [0.29, 0.717) is 5.76 Å². The van der Waals surface area contributed by atoms with Crippen molar-refractivity contribution in [1.82, 2.24) is 15.1 Å². The average Bonchev–Trinajstić information content (AvgIpc) is 3.24. The number of aromatic nitrogens is 2. The zero-order chi connectivity index (χ0) is 17.1. The molecule has 124 valence electrons. The number of nitrogens with one attached hydrogen (secondary N) is 1. The minimum Gasteiger partial charge on any atom is -0.467 e. The molecule has 3 rings (SSSR count). The maximum atomic E-state index is 13.8. The molecule has 0 saturated heterocycles. The number of carbonyl (C=O) groups is 1. The molecule has 2 aromatic heterocycles. The summed E-state index contributed by atoms with van der Waals surface area (Å²) in [5.74, 6) is -1.82. The van der Waals surface area contributed by atoms with E-state index in [4.69, 9.17) is 4.42 Å². The number of rotatable bonds is 5. The summed E-state index contributed by atoms with van der Waals surface area (Å²) in [6.45, 7) is -0.373. The highest BCUT2D eigenvalue weighted by Gasteiger charge is 2.20. The molecule has 24 heavy (non-hydrogen) atoms. The summed E-state index contributed by atoms with van der Waals surface area (Å²) in [7, 11) is 0. The molecule has 0 radical (unpaired) electrons. The molecule has 2 heterocycles. The molecule has 2 N–H and O–H groups in total. The minimum atomic E-state index is -0.797. The van der Waals surface area contributed by atoms with Gasteiger partial charge in [0, 0.05) is 6.20 Å². The van der Waals surface area contributed by atoms with Crippen molar-refractivity contribution >= 4 is 5.91 Å². The van der Waals surface area contributed by atoms with Crippen LogP contribution in [0.15, 0.2) is 53.3 Å². The van der Waals surface area contributed by atoms with Crippen LogP contribution in [0.25, 0.3) is 5.69 Å². The molecule has 0 aliphatic heterocycles. The highest BCUT2D eigenvalue weighted by Crippen LogP contribution is 2.17. The SMILES string of the molecule is O=C(NC(CO)c1ccco1)c1ccn(-c2c(F)cccc2F)n1. The smallest absolute Gasteiger partial charge is 0.272 e. The number of furan rings is 1. The van der Waals surface area contributed by atoms with E-state index in [0.717, 1.165) is 16.8 Å². The quantitative estimate of drug-likeness (QED) is 0.750. The summed E-state index contributed by atoms with van der Waals surface area (Å²) in [5.41, 5.74) is -0.427. The normalized spacial score (nSPS) is 12.1. The van der Waals surface area contributed by atoms with Crippen molar-refractivity contribution in [2.24, 2.45) is 0 Å². The van der Waals surface area contributed by atoms with E-state index in [1.165, 1.54) is 24.6 Å². The molecule has 0 aliphatic carbocycles. The van der Waals surface area contributed by atoms with Crippen molar-refractivity contribution in [2.45, 2.75) is 6.04 Å². The molecular formula is C16H13F2N3O3. The van der Waals surface area contributed by atoms with Gasteiger partial charge in [0.1, 0.15) is 17.5 Å².